The van der Waals surface area contributed by atoms with Gasteiger partial charge in [-0.2, -0.15) is 0 Å². The van der Waals surface area contributed by atoms with Crippen LogP contribution in [0.1, 0.15) is 25.7 Å². The van der Waals surface area contributed by atoms with Gasteiger partial charge in [0.15, 0.2) is 0 Å². The molecular weight excluding hydrogens is 348 g/mol. The van der Waals surface area contributed by atoms with Crippen molar-refractivity contribution in [1.82, 2.24) is 4.72 Å². The quantitative estimate of drug-likeness (QED) is 0.506. The maximum Gasteiger partial charge on any atom is 0.269 e. The molecule has 0 aliphatic heterocycles. The first-order valence-corrected chi connectivity index (χ1v) is 8.71. The Morgan fingerprint density at radius 3 is 2.35 bits per heavy atom. The van der Waals surface area contributed by atoms with Crippen LogP contribution < -0.4 is 4.72 Å². The highest BCUT2D eigenvalue weighted by Gasteiger charge is 2.28. The van der Waals surface area contributed by atoms with E-state index in [4.69, 9.17) is 0 Å². The topological polar surface area (TPSA) is 89.3 Å². The highest BCUT2D eigenvalue weighted by molar-refractivity contribution is 9.09. The second kappa shape index (κ2) is 6.19. The highest BCUT2D eigenvalue weighted by atomic mass is 79.9. The summed E-state index contributed by atoms with van der Waals surface area (Å²) in [6.45, 7) is 0. The Morgan fingerprint density at radius 2 is 1.80 bits per heavy atom. The van der Waals surface area contributed by atoms with Crippen molar-refractivity contribution in [2.24, 2.45) is 0 Å². The third kappa shape index (κ3) is 3.56. The molecule has 1 aromatic rings. The van der Waals surface area contributed by atoms with Gasteiger partial charge in [0.25, 0.3) is 5.69 Å². The Hall–Kier alpha value is -0.990. The number of hydrogen-bond acceptors (Lipinski definition) is 4. The monoisotopic (exact) mass is 362 g/mol. The number of nitro groups is 1. The molecule has 0 bridgehead atoms. The molecule has 1 aromatic carbocycles. The first-order chi connectivity index (χ1) is 9.40. The van der Waals surface area contributed by atoms with E-state index >= 15 is 0 Å². The van der Waals surface area contributed by atoms with Crippen LogP contribution in [0.4, 0.5) is 5.69 Å². The molecule has 0 aromatic heterocycles. The van der Waals surface area contributed by atoms with Crippen LogP contribution in [-0.2, 0) is 10.0 Å². The van der Waals surface area contributed by atoms with Crippen molar-refractivity contribution in [2.75, 3.05) is 0 Å². The number of nitro benzene ring substituents is 1. The van der Waals surface area contributed by atoms with Crippen molar-refractivity contribution in [3.8, 4) is 0 Å². The summed E-state index contributed by atoms with van der Waals surface area (Å²) < 4.78 is 27.1. The molecule has 110 valence electrons. The Labute approximate surface area is 125 Å². The normalized spacial score (nSPS) is 23.4. The van der Waals surface area contributed by atoms with Crippen LogP contribution >= 0.6 is 15.9 Å². The maximum absolute atomic E-state index is 12.2. The molecule has 0 spiro atoms. The molecule has 20 heavy (non-hydrogen) atoms. The fourth-order valence-electron chi connectivity index (χ4n) is 2.23. The summed E-state index contributed by atoms with van der Waals surface area (Å²) in [5, 5.41) is 10.6. The Morgan fingerprint density at radius 1 is 1.20 bits per heavy atom. The molecule has 8 heteroatoms. The number of sulfonamides is 1. The zero-order valence-corrected chi connectivity index (χ0v) is 13.1. The first-order valence-electron chi connectivity index (χ1n) is 6.31. The van der Waals surface area contributed by atoms with Crippen LogP contribution in [0.5, 0.6) is 0 Å². The van der Waals surface area contributed by atoms with Crippen LogP contribution in [0, 0.1) is 10.1 Å². The van der Waals surface area contributed by atoms with Crippen molar-refractivity contribution >= 4 is 31.6 Å². The van der Waals surface area contributed by atoms with E-state index in [1.807, 2.05) is 0 Å². The van der Waals surface area contributed by atoms with Gasteiger partial charge in [-0.25, -0.2) is 13.1 Å². The number of nitrogens with zero attached hydrogens (tertiary/aromatic N) is 1. The van der Waals surface area contributed by atoms with Gasteiger partial charge in [-0.05, 0) is 25.0 Å². The molecule has 1 aliphatic carbocycles. The molecule has 0 radical (unpaired) electrons. The number of non-ortho nitro benzene ring substituents is 1. The number of nitrogens with one attached hydrogen (secondary N) is 1. The van der Waals surface area contributed by atoms with Crippen LogP contribution in [0.15, 0.2) is 29.2 Å². The third-order valence-electron chi connectivity index (χ3n) is 3.35. The van der Waals surface area contributed by atoms with E-state index in [-0.39, 0.29) is 21.5 Å². The Bertz CT molecular complexity index is 588. The molecule has 2 rings (SSSR count). The van der Waals surface area contributed by atoms with E-state index in [1.54, 1.807) is 0 Å². The van der Waals surface area contributed by atoms with Gasteiger partial charge in [0, 0.05) is 23.0 Å². The van der Waals surface area contributed by atoms with E-state index < -0.39 is 14.9 Å². The molecule has 1 aliphatic rings. The summed E-state index contributed by atoms with van der Waals surface area (Å²) in [5.41, 5.74) is -0.125. The molecule has 1 fully saturated rings. The van der Waals surface area contributed by atoms with E-state index in [1.165, 1.54) is 24.3 Å². The van der Waals surface area contributed by atoms with Gasteiger partial charge in [0.1, 0.15) is 0 Å². The predicted octanol–water partition coefficient (Wildman–Crippen LogP) is 2.58. The molecule has 0 amide bonds. The lowest BCUT2D eigenvalue weighted by Gasteiger charge is -2.27. The molecule has 1 N–H and O–H groups in total. The van der Waals surface area contributed by atoms with Crippen LogP contribution in [0.25, 0.3) is 0 Å². The Balaban J connectivity index is 2.15. The summed E-state index contributed by atoms with van der Waals surface area (Å²) in [5.74, 6) is 0. The summed E-state index contributed by atoms with van der Waals surface area (Å²) >= 11 is 3.49. The predicted molar refractivity (Wildman–Crippen MR) is 78.4 cm³/mol. The van der Waals surface area contributed by atoms with Gasteiger partial charge in [-0.1, -0.05) is 28.8 Å². The molecule has 6 nitrogen and oxygen atoms in total. The van der Waals surface area contributed by atoms with Crippen molar-refractivity contribution in [1.29, 1.82) is 0 Å². The minimum absolute atomic E-state index is 0.0494. The minimum Gasteiger partial charge on any atom is -0.258 e. The molecule has 1 saturated carbocycles. The fourth-order valence-corrected chi connectivity index (χ4v) is 4.44. The van der Waals surface area contributed by atoms with Crippen molar-refractivity contribution in [2.45, 2.75) is 41.4 Å². The molecule has 2 atom stereocenters. The minimum atomic E-state index is -3.64. The molecular formula is C12H15BrN2O4S. The van der Waals surface area contributed by atoms with E-state index in [0.29, 0.717) is 0 Å². The second-order valence-corrected chi connectivity index (χ2v) is 7.67. The molecule has 0 saturated heterocycles. The average Bonchev–Trinajstić information content (AvgIpc) is 2.41. The molecule has 0 heterocycles. The van der Waals surface area contributed by atoms with Crippen LogP contribution in [0.2, 0.25) is 0 Å². The zero-order valence-electron chi connectivity index (χ0n) is 10.7. The van der Waals surface area contributed by atoms with Gasteiger partial charge in [-0.15, -0.1) is 0 Å². The zero-order chi connectivity index (χ0) is 14.8. The second-order valence-electron chi connectivity index (χ2n) is 4.78. The van der Waals surface area contributed by atoms with E-state index in [0.717, 1.165) is 25.7 Å². The third-order valence-corrected chi connectivity index (χ3v) is 5.95. The molecule has 2 unspecified atom stereocenters. The smallest absolute Gasteiger partial charge is 0.258 e. The van der Waals surface area contributed by atoms with Gasteiger partial charge in [0.2, 0.25) is 10.0 Å². The highest BCUT2D eigenvalue weighted by Crippen LogP contribution is 2.26. The van der Waals surface area contributed by atoms with Crippen molar-refractivity contribution in [3.05, 3.63) is 34.4 Å². The lowest BCUT2D eigenvalue weighted by molar-refractivity contribution is -0.384. The van der Waals surface area contributed by atoms with Crippen molar-refractivity contribution < 1.29 is 13.3 Å². The summed E-state index contributed by atoms with van der Waals surface area (Å²) in [6.07, 6.45) is 3.82. The summed E-state index contributed by atoms with van der Waals surface area (Å²) in [6, 6.07) is 4.77. The van der Waals surface area contributed by atoms with E-state index in [9.17, 15) is 18.5 Å². The maximum atomic E-state index is 12.2. The lowest BCUT2D eigenvalue weighted by atomic mass is 9.96. The lowest BCUT2D eigenvalue weighted by Crippen LogP contribution is -2.42. The van der Waals surface area contributed by atoms with E-state index in [2.05, 4.69) is 20.7 Å². The van der Waals surface area contributed by atoms with Gasteiger partial charge in [0.05, 0.1) is 9.82 Å². The first kappa shape index (κ1) is 15.4. The fraction of sp³-hybridized carbons (Fsp3) is 0.500. The average molecular weight is 363 g/mol. The SMILES string of the molecule is O=[N+]([O-])c1ccc(S(=O)(=O)NC2CCCCC2Br)cc1. The summed E-state index contributed by atoms with van der Waals surface area (Å²) in [4.78, 5) is 10.2. The number of alkyl halides is 1. The summed E-state index contributed by atoms with van der Waals surface area (Å²) in [7, 11) is -3.64. The van der Waals surface area contributed by atoms with Gasteiger partial charge >= 0.3 is 0 Å². The van der Waals surface area contributed by atoms with Gasteiger partial charge in [-0.3, -0.25) is 10.1 Å². The largest absolute Gasteiger partial charge is 0.269 e. The van der Waals surface area contributed by atoms with Crippen molar-refractivity contribution in [3.63, 3.8) is 0 Å². The number of hydrogen-bond donors (Lipinski definition) is 1. The van der Waals surface area contributed by atoms with Gasteiger partial charge < -0.3 is 0 Å². The van der Waals surface area contributed by atoms with Crippen LogP contribution in [0.3, 0.4) is 0 Å². The number of halogens is 1. The Kier molecular flexibility index (Phi) is 4.77. The number of benzene rings is 1. The van der Waals surface area contributed by atoms with Crippen LogP contribution in [-0.4, -0.2) is 24.2 Å². The number of rotatable bonds is 4. The standard InChI is InChI=1S/C12H15BrN2O4S/c13-11-3-1-2-4-12(11)14-20(18,19)10-7-5-9(6-8-10)15(16)17/h5-8,11-12,14H,1-4H2.